The van der Waals surface area contributed by atoms with Gasteiger partial charge in [0.05, 0.1) is 7.11 Å². The maximum Gasteiger partial charge on any atom is 0.120 e. The van der Waals surface area contributed by atoms with Gasteiger partial charge in [0, 0.05) is 10.5 Å². The molecule has 1 fully saturated rings. The van der Waals surface area contributed by atoms with Crippen molar-refractivity contribution in [2.24, 2.45) is 5.92 Å². The van der Waals surface area contributed by atoms with Gasteiger partial charge in [-0.15, -0.1) is 0 Å². The van der Waals surface area contributed by atoms with E-state index in [9.17, 15) is 0 Å². The van der Waals surface area contributed by atoms with Gasteiger partial charge in [-0.2, -0.15) is 0 Å². The lowest BCUT2D eigenvalue weighted by Gasteiger charge is -2.28. The Hall–Kier alpha value is -0.540. The van der Waals surface area contributed by atoms with Crippen LogP contribution in [0, 0.1) is 5.92 Å². The van der Waals surface area contributed by atoms with Crippen molar-refractivity contribution in [2.75, 3.05) is 13.7 Å². The number of hydrogen-bond acceptors (Lipinski definition) is 2. The molecule has 3 heteroatoms. The molecule has 2 nitrogen and oxygen atoms in total. The Morgan fingerprint density at radius 3 is 2.50 bits per heavy atom. The quantitative estimate of drug-likeness (QED) is 0.755. The molecular weight excluding hydrogens is 314 g/mol. The molecule has 1 aromatic rings. The SMILES string of the molecule is CCNC(c1ccc(OC)cc1Br)C1CCCCCC1. The van der Waals surface area contributed by atoms with E-state index in [2.05, 4.69) is 46.4 Å². The Morgan fingerprint density at radius 1 is 1.25 bits per heavy atom. The smallest absolute Gasteiger partial charge is 0.120 e. The van der Waals surface area contributed by atoms with Gasteiger partial charge in [0.25, 0.3) is 0 Å². The van der Waals surface area contributed by atoms with E-state index in [-0.39, 0.29) is 0 Å². The molecule has 1 N–H and O–H groups in total. The first kappa shape index (κ1) is 15.8. The van der Waals surface area contributed by atoms with Crippen LogP contribution in [0.5, 0.6) is 5.75 Å². The first-order valence-corrected chi connectivity index (χ1v) is 8.62. The third-order valence-corrected chi connectivity index (χ3v) is 5.02. The summed E-state index contributed by atoms with van der Waals surface area (Å²) in [6, 6.07) is 6.82. The number of hydrogen-bond donors (Lipinski definition) is 1. The van der Waals surface area contributed by atoms with Crippen LogP contribution in [0.1, 0.15) is 57.1 Å². The molecule has 0 amide bonds. The van der Waals surface area contributed by atoms with Crippen molar-refractivity contribution in [1.29, 1.82) is 0 Å². The van der Waals surface area contributed by atoms with Crippen LogP contribution < -0.4 is 10.1 Å². The molecule has 2 rings (SSSR count). The fraction of sp³-hybridized carbons (Fsp3) is 0.647. The second-order valence-electron chi connectivity index (χ2n) is 5.67. The molecule has 20 heavy (non-hydrogen) atoms. The molecule has 1 aliphatic carbocycles. The highest BCUT2D eigenvalue weighted by molar-refractivity contribution is 9.10. The van der Waals surface area contributed by atoms with Crippen molar-refractivity contribution in [2.45, 2.75) is 51.5 Å². The van der Waals surface area contributed by atoms with Crippen LogP contribution in [0.15, 0.2) is 22.7 Å². The van der Waals surface area contributed by atoms with Crippen LogP contribution in [0.2, 0.25) is 0 Å². The molecule has 0 heterocycles. The molecule has 1 aromatic carbocycles. The summed E-state index contributed by atoms with van der Waals surface area (Å²) in [5.74, 6) is 1.67. The number of ether oxygens (including phenoxy) is 1. The second-order valence-corrected chi connectivity index (χ2v) is 6.53. The van der Waals surface area contributed by atoms with Crippen LogP contribution in [-0.4, -0.2) is 13.7 Å². The molecule has 0 aliphatic heterocycles. The molecular formula is C17H26BrNO. The zero-order valence-electron chi connectivity index (χ0n) is 12.6. The van der Waals surface area contributed by atoms with Gasteiger partial charge in [-0.05, 0) is 43.0 Å². The Kier molecular flexibility index (Phi) is 6.37. The van der Waals surface area contributed by atoms with Gasteiger partial charge in [0.15, 0.2) is 0 Å². The third-order valence-electron chi connectivity index (χ3n) is 4.34. The fourth-order valence-corrected chi connectivity index (χ4v) is 3.89. The van der Waals surface area contributed by atoms with Gasteiger partial charge in [-0.25, -0.2) is 0 Å². The summed E-state index contributed by atoms with van der Waals surface area (Å²) in [6.07, 6.45) is 8.24. The van der Waals surface area contributed by atoms with Crippen molar-refractivity contribution in [3.8, 4) is 5.75 Å². The number of nitrogens with one attached hydrogen (secondary N) is 1. The van der Waals surface area contributed by atoms with E-state index < -0.39 is 0 Å². The van der Waals surface area contributed by atoms with Gasteiger partial charge in [0.1, 0.15) is 5.75 Å². The summed E-state index contributed by atoms with van der Waals surface area (Å²) >= 11 is 3.72. The lowest BCUT2D eigenvalue weighted by molar-refractivity contribution is 0.329. The number of rotatable bonds is 5. The topological polar surface area (TPSA) is 21.3 Å². The highest BCUT2D eigenvalue weighted by Crippen LogP contribution is 2.37. The first-order chi connectivity index (χ1) is 9.76. The largest absolute Gasteiger partial charge is 0.497 e. The molecule has 0 spiro atoms. The van der Waals surface area contributed by atoms with Crippen LogP contribution in [-0.2, 0) is 0 Å². The van der Waals surface area contributed by atoms with Crippen molar-refractivity contribution < 1.29 is 4.74 Å². The van der Waals surface area contributed by atoms with Gasteiger partial charge >= 0.3 is 0 Å². The van der Waals surface area contributed by atoms with Crippen LogP contribution in [0.25, 0.3) is 0 Å². The van der Waals surface area contributed by atoms with Gasteiger partial charge in [-0.3, -0.25) is 0 Å². The molecule has 1 atom stereocenters. The second kappa shape index (κ2) is 8.04. The van der Waals surface area contributed by atoms with Crippen molar-refractivity contribution in [3.63, 3.8) is 0 Å². The Bertz CT molecular complexity index is 413. The minimum Gasteiger partial charge on any atom is -0.497 e. The summed E-state index contributed by atoms with van der Waals surface area (Å²) in [5.41, 5.74) is 1.37. The van der Waals surface area contributed by atoms with Crippen molar-refractivity contribution in [3.05, 3.63) is 28.2 Å². The standard InChI is InChI=1S/C17H26BrNO/c1-3-19-17(13-8-6-4-5-7-9-13)15-11-10-14(20-2)12-16(15)18/h10-13,17,19H,3-9H2,1-2H3. The highest BCUT2D eigenvalue weighted by Gasteiger charge is 2.25. The van der Waals surface area contributed by atoms with E-state index in [1.807, 2.05) is 0 Å². The molecule has 0 saturated heterocycles. The predicted octanol–water partition coefficient (Wildman–Crippen LogP) is 5.08. The van der Waals surface area contributed by atoms with E-state index in [1.165, 1.54) is 44.1 Å². The maximum absolute atomic E-state index is 5.30. The molecule has 0 radical (unpaired) electrons. The lowest BCUT2D eigenvalue weighted by atomic mass is 9.87. The minimum atomic E-state index is 0.457. The van der Waals surface area contributed by atoms with E-state index in [0.29, 0.717) is 6.04 Å². The summed E-state index contributed by atoms with van der Waals surface area (Å²) < 4.78 is 6.46. The van der Waals surface area contributed by atoms with E-state index in [0.717, 1.165) is 22.7 Å². The number of methoxy groups -OCH3 is 1. The van der Waals surface area contributed by atoms with E-state index >= 15 is 0 Å². The fourth-order valence-electron chi connectivity index (χ4n) is 3.28. The van der Waals surface area contributed by atoms with Crippen LogP contribution in [0.4, 0.5) is 0 Å². The number of halogens is 1. The molecule has 1 saturated carbocycles. The molecule has 112 valence electrons. The summed E-state index contributed by atoms with van der Waals surface area (Å²) in [6.45, 7) is 3.21. The van der Waals surface area contributed by atoms with Crippen LogP contribution in [0.3, 0.4) is 0 Å². The lowest BCUT2D eigenvalue weighted by Crippen LogP contribution is -2.28. The number of benzene rings is 1. The Morgan fingerprint density at radius 2 is 1.95 bits per heavy atom. The zero-order chi connectivity index (χ0) is 14.4. The van der Waals surface area contributed by atoms with Gasteiger partial charge in [-0.1, -0.05) is 54.6 Å². The molecule has 1 aliphatic rings. The van der Waals surface area contributed by atoms with E-state index in [4.69, 9.17) is 4.74 Å². The normalized spacial score (nSPS) is 18.6. The Balaban J connectivity index is 2.22. The van der Waals surface area contributed by atoms with Gasteiger partial charge < -0.3 is 10.1 Å². The highest BCUT2D eigenvalue weighted by atomic mass is 79.9. The first-order valence-electron chi connectivity index (χ1n) is 7.83. The summed E-state index contributed by atoms with van der Waals surface area (Å²) in [7, 11) is 1.72. The zero-order valence-corrected chi connectivity index (χ0v) is 14.2. The molecule has 1 unspecified atom stereocenters. The van der Waals surface area contributed by atoms with Crippen molar-refractivity contribution in [1.82, 2.24) is 5.32 Å². The van der Waals surface area contributed by atoms with Crippen molar-refractivity contribution >= 4 is 15.9 Å². The minimum absolute atomic E-state index is 0.457. The van der Waals surface area contributed by atoms with Crippen LogP contribution >= 0.6 is 15.9 Å². The predicted molar refractivity (Wildman–Crippen MR) is 88.3 cm³/mol. The summed E-state index contributed by atoms with van der Waals surface area (Å²) in [5, 5.41) is 3.70. The molecule has 0 aromatic heterocycles. The third kappa shape index (κ3) is 3.98. The molecule has 0 bridgehead atoms. The monoisotopic (exact) mass is 339 g/mol. The van der Waals surface area contributed by atoms with E-state index in [1.54, 1.807) is 7.11 Å². The van der Waals surface area contributed by atoms with Gasteiger partial charge in [0.2, 0.25) is 0 Å². The average molecular weight is 340 g/mol. The Labute approximate surface area is 131 Å². The maximum atomic E-state index is 5.30. The summed E-state index contributed by atoms with van der Waals surface area (Å²) in [4.78, 5) is 0. The average Bonchev–Trinajstić information content (AvgIpc) is 2.74.